The molecule has 1 saturated carbocycles. The third kappa shape index (κ3) is 4.93. The molecule has 0 N–H and O–H groups in total. The number of hydrogen-bond acceptors (Lipinski definition) is 5. The molecular formula is C26H30N2O4S. The maximum atomic E-state index is 13.0. The smallest absolute Gasteiger partial charge is 0.338 e. The summed E-state index contributed by atoms with van der Waals surface area (Å²) in [5, 5.41) is -0.166. The number of hydrogen-bond donors (Lipinski definition) is 0. The van der Waals surface area contributed by atoms with Gasteiger partial charge in [0.15, 0.2) is 0 Å². The average Bonchev–Trinajstić information content (AvgIpc) is 3.24. The molecule has 2 fully saturated rings. The van der Waals surface area contributed by atoms with E-state index in [0.717, 1.165) is 47.2 Å². The zero-order valence-electron chi connectivity index (χ0n) is 19.4. The Morgan fingerprint density at radius 1 is 1.12 bits per heavy atom. The molecule has 1 saturated heterocycles. The van der Waals surface area contributed by atoms with Gasteiger partial charge in [0.25, 0.3) is 11.1 Å². The molecule has 1 aromatic heterocycles. The Morgan fingerprint density at radius 3 is 2.48 bits per heavy atom. The number of imide groups is 1. The van der Waals surface area contributed by atoms with Crippen LogP contribution in [-0.4, -0.2) is 39.7 Å². The Morgan fingerprint density at radius 2 is 1.82 bits per heavy atom. The van der Waals surface area contributed by atoms with Crippen LogP contribution < -0.4 is 0 Å². The van der Waals surface area contributed by atoms with Crippen LogP contribution in [0.2, 0.25) is 0 Å². The van der Waals surface area contributed by atoms with E-state index >= 15 is 0 Å². The Balaban J connectivity index is 1.55. The van der Waals surface area contributed by atoms with E-state index in [0.29, 0.717) is 29.5 Å². The predicted molar refractivity (Wildman–Crippen MR) is 130 cm³/mol. The van der Waals surface area contributed by atoms with Crippen molar-refractivity contribution in [3.05, 3.63) is 57.8 Å². The van der Waals surface area contributed by atoms with Gasteiger partial charge in [-0.2, -0.15) is 0 Å². The number of amides is 2. The highest BCUT2D eigenvalue weighted by atomic mass is 32.2. The Bertz CT molecular complexity index is 1090. The number of aromatic nitrogens is 1. The minimum Gasteiger partial charge on any atom is -0.462 e. The fraction of sp³-hybridized carbons (Fsp3) is 0.423. The number of rotatable bonds is 6. The van der Waals surface area contributed by atoms with E-state index in [4.69, 9.17) is 4.74 Å². The molecule has 0 atom stereocenters. The van der Waals surface area contributed by atoms with Crippen LogP contribution in [0.4, 0.5) is 4.79 Å². The second-order valence-corrected chi connectivity index (χ2v) is 9.72. The number of carbonyl (C=O) groups is 3. The minimum atomic E-state index is -0.338. The Hall–Kier alpha value is -2.80. The second kappa shape index (κ2) is 10.00. The molecule has 2 amide bonds. The largest absolute Gasteiger partial charge is 0.462 e. The van der Waals surface area contributed by atoms with Gasteiger partial charge in [-0.25, -0.2) is 4.79 Å². The van der Waals surface area contributed by atoms with Gasteiger partial charge in [0.2, 0.25) is 0 Å². The summed E-state index contributed by atoms with van der Waals surface area (Å²) in [6.45, 7) is 6.65. The highest BCUT2D eigenvalue weighted by Crippen LogP contribution is 2.36. The molecule has 2 heterocycles. The summed E-state index contributed by atoms with van der Waals surface area (Å²) < 4.78 is 7.13. The van der Waals surface area contributed by atoms with E-state index in [1.165, 1.54) is 24.2 Å². The molecule has 0 unspecified atom stereocenters. The summed E-state index contributed by atoms with van der Waals surface area (Å²) in [6, 6.07) is 9.29. The normalized spacial score (nSPS) is 18.4. The molecule has 7 heteroatoms. The van der Waals surface area contributed by atoms with Gasteiger partial charge in [-0.1, -0.05) is 19.3 Å². The van der Waals surface area contributed by atoms with E-state index in [1.54, 1.807) is 19.1 Å². The van der Waals surface area contributed by atoms with Crippen LogP contribution in [0.5, 0.6) is 0 Å². The molecule has 33 heavy (non-hydrogen) atoms. The van der Waals surface area contributed by atoms with Crippen LogP contribution >= 0.6 is 11.8 Å². The van der Waals surface area contributed by atoms with Gasteiger partial charge in [-0.3, -0.25) is 14.5 Å². The van der Waals surface area contributed by atoms with Crippen LogP contribution in [0.3, 0.4) is 0 Å². The van der Waals surface area contributed by atoms with Crippen molar-refractivity contribution in [3.8, 4) is 5.69 Å². The number of thioether (sulfide) groups is 1. The van der Waals surface area contributed by atoms with E-state index in [1.807, 2.05) is 38.1 Å². The van der Waals surface area contributed by atoms with Gasteiger partial charge in [-0.15, -0.1) is 0 Å². The summed E-state index contributed by atoms with van der Waals surface area (Å²) in [5.74, 6) is -0.0944. The molecule has 0 spiro atoms. The fourth-order valence-electron chi connectivity index (χ4n) is 4.72. The van der Waals surface area contributed by atoms with Gasteiger partial charge >= 0.3 is 5.97 Å². The predicted octanol–water partition coefficient (Wildman–Crippen LogP) is 5.89. The lowest BCUT2D eigenvalue weighted by molar-refractivity contribution is -0.123. The first-order chi connectivity index (χ1) is 15.9. The molecule has 2 aromatic rings. The molecule has 0 bridgehead atoms. The highest BCUT2D eigenvalue weighted by molar-refractivity contribution is 8.18. The number of aryl methyl sites for hydroxylation is 1. The highest BCUT2D eigenvalue weighted by Gasteiger charge is 2.36. The summed E-state index contributed by atoms with van der Waals surface area (Å²) >= 11 is 1.03. The topological polar surface area (TPSA) is 68.6 Å². The van der Waals surface area contributed by atoms with E-state index in [2.05, 4.69) is 4.57 Å². The zero-order valence-corrected chi connectivity index (χ0v) is 20.2. The lowest BCUT2D eigenvalue weighted by atomic mass is 9.89. The van der Waals surface area contributed by atoms with Crippen molar-refractivity contribution in [1.29, 1.82) is 0 Å². The van der Waals surface area contributed by atoms with Crippen molar-refractivity contribution < 1.29 is 19.1 Å². The summed E-state index contributed by atoms with van der Waals surface area (Å²) in [6.07, 6.45) is 7.64. The maximum Gasteiger partial charge on any atom is 0.338 e. The fourth-order valence-corrected chi connectivity index (χ4v) is 5.56. The van der Waals surface area contributed by atoms with Gasteiger partial charge in [0, 0.05) is 23.6 Å². The second-order valence-electron chi connectivity index (χ2n) is 8.73. The monoisotopic (exact) mass is 466 g/mol. The van der Waals surface area contributed by atoms with Crippen molar-refractivity contribution in [2.75, 3.05) is 13.2 Å². The Kier molecular flexibility index (Phi) is 7.08. The maximum absolute atomic E-state index is 13.0. The molecular weight excluding hydrogens is 436 g/mol. The number of esters is 1. The first kappa shape index (κ1) is 23.4. The molecule has 1 aromatic carbocycles. The summed E-state index contributed by atoms with van der Waals surface area (Å²) in [7, 11) is 0. The van der Waals surface area contributed by atoms with Gasteiger partial charge in [0.1, 0.15) is 0 Å². The van der Waals surface area contributed by atoms with Crippen molar-refractivity contribution >= 4 is 35.0 Å². The SMILES string of the molecule is CCOC(=O)c1ccc(-n2c(C)cc(/C=C3/SC(=O)N(CC4CCCCC4)C3=O)c2C)cc1. The molecule has 6 nitrogen and oxygen atoms in total. The first-order valence-corrected chi connectivity index (χ1v) is 12.4. The summed E-state index contributed by atoms with van der Waals surface area (Å²) in [4.78, 5) is 39.4. The first-order valence-electron chi connectivity index (χ1n) is 11.6. The van der Waals surface area contributed by atoms with Crippen LogP contribution in [0.25, 0.3) is 11.8 Å². The molecule has 4 rings (SSSR count). The van der Waals surface area contributed by atoms with E-state index in [-0.39, 0.29) is 17.1 Å². The van der Waals surface area contributed by atoms with Crippen LogP contribution in [0, 0.1) is 19.8 Å². The average molecular weight is 467 g/mol. The molecule has 1 aliphatic carbocycles. The number of benzene rings is 1. The van der Waals surface area contributed by atoms with Crippen molar-refractivity contribution in [2.45, 2.75) is 52.9 Å². The standard InChI is InChI=1S/C26H30N2O4S/c1-4-32-25(30)20-10-12-22(13-11-20)28-17(2)14-21(18(28)3)15-23-24(29)27(26(31)33-23)16-19-8-6-5-7-9-19/h10-15,19H,4-9,16H2,1-3H3/b23-15+. The zero-order chi connectivity index (χ0) is 23.5. The van der Waals surface area contributed by atoms with Gasteiger partial charge in [0.05, 0.1) is 17.1 Å². The number of ether oxygens (including phenoxy) is 1. The van der Waals surface area contributed by atoms with Crippen LogP contribution in [-0.2, 0) is 9.53 Å². The van der Waals surface area contributed by atoms with Crippen molar-refractivity contribution in [3.63, 3.8) is 0 Å². The molecule has 1 aliphatic heterocycles. The Labute approximate surface area is 199 Å². The van der Waals surface area contributed by atoms with Gasteiger partial charge < -0.3 is 9.30 Å². The lowest BCUT2D eigenvalue weighted by Gasteiger charge is -2.25. The molecule has 0 radical (unpaired) electrons. The van der Waals surface area contributed by atoms with Crippen LogP contribution in [0.1, 0.15) is 66.3 Å². The van der Waals surface area contributed by atoms with E-state index in [9.17, 15) is 14.4 Å². The number of nitrogens with zero attached hydrogens (tertiary/aromatic N) is 2. The minimum absolute atomic E-state index is 0.166. The van der Waals surface area contributed by atoms with Crippen molar-refractivity contribution in [2.24, 2.45) is 5.92 Å². The molecule has 174 valence electrons. The number of carbonyl (C=O) groups excluding carboxylic acids is 3. The lowest BCUT2D eigenvalue weighted by Crippen LogP contribution is -2.34. The quantitative estimate of drug-likeness (QED) is 0.392. The van der Waals surface area contributed by atoms with Crippen LogP contribution in [0.15, 0.2) is 35.2 Å². The van der Waals surface area contributed by atoms with Gasteiger partial charge in [-0.05, 0) is 93.3 Å². The third-order valence-corrected chi connectivity index (χ3v) is 7.34. The third-order valence-electron chi connectivity index (χ3n) is 6.43. The van der Waals surface area contributed by atoms with E-state index < -0.39 is 0 Å². The summed E-state index contributed by atoms with van der Waals surface area (Å²) in [5.41, 5.74) is 4.31. The van der Waals surface area contributed by atoms with Crippen molar-refractivity contribution in [1.82, 2.24) is 9.47 Å². The molecule has 2 aliphatic rings.